The molecule has 140 valence electrons. The molecule has 0 aliphatic rings. The molecular weight excluding hydrogens is 357 g/mol. The second kappa shape index (κ2) is 7.53. The maximum absolute atomic E-state index is 12.2. The lowest BCUT2D eigenvalue weighted by molar-refractivity contribution is -0.274. The molecule has 0 amide bonds. The van der Waals surface area contributed by atoms with Gasteiger partial charge in [-0.2, -0.15) is 0 Å². The van der Waals surface area contributed by atoms with Crippen LogP contribution in [0.25, 0.3) is 11.3 Å². The van der Waals surface area contributed by atoms with E-state index in [1.807, 2.05) is 36.2 Å². The van der Waals surface area contributed by atoms with Crippen molar-refractivity contribution in [3.63, 3.8) is 0 Å². The van der Waals surface area contributed by atoms with Crippen molar-refractivity contribution in [2.45, 2.75) is 12.9 Å². The molecule has 3 rings (SSSR count). The summed E-state index contributed by atoms with van der Waals surface area (Å²) in [6, 6.07) is 13.4. The lowest BCUT2D eigenvalue weighted by Gasteiger charge is -2.20. The minimum absolute atomic E-state index is 0.245. The molecule has 2 aromatic carbocycles. The Balaban J connectivity index is 1.67. The summed E-state index contributed by atoms with van der Waals surface area (Å²) in [6.07, 6.45) is -1.57. The summed E-state index contributed by atoms with van der Waals surface area (Å²) in [5, 5.41) is 0. The van der Waals surface area contributed by atoms with Crippen LogP contribution in [0.5, 0.6) is 5.75 Å². The smallest absolute Gasteiger partial charge is 0.406 e. The first kappa shape index (κ1) is 18.5. The van der Waals surface area contributed by atoms with E-state index in [2.05, 4.69) is 14.7 Å². The largest absolute Gasteiger partial charge is 0.573 e. The van der Waals surface area contributed by atoms with E-state index >= 15 is 0 Å². The third-order valence-electron chi connectivity index (χ3n) is 3.88. The van der Waals surface area contributed by atoms with Gasteiger partial charge in [0, 0.05) is 37.2 Å². The fraction of sp³-hybridized carbons (Fsp3) is 0.158. The van der Waals surface area contributed by atoms with E-state index in [1.54, 1.807) is 18.3 Å². The van der Waals surface area contributed by atoms with E-state index in [0.717, 1.165) is 16.8 Å². The van der Waals surface area contributed by atoms with Gasteiger partial charge in [-0.25, -0.2) is 4.98 Å². The van der Waals surface area contributed by atoms with Crippen LogP contribution in [-0.4, -0.2) is 23.4 Å². The Labute approximate surface area is 154 Å². The lowest BCUT2D eigenvalue weighted by Crippen LogP contribution is -2.18. The standard InChI is InChI=1S/C19H17F3N4O/c1-26(15-6-8-16(9-7-15)27-19(20,21)22)12-13-2-4-14(5-3-13)17-18(23)25-11-10-24-17/h2-11H,12H2,1H3,(H2,23,25). The van der Waals surface area contributed by atoms with Gasteiger partial charge >= 0.3 is 6.36 Å². The first-order chi connectivity index (χ1) is 12.8. The number of hydrogen-bond donors (Lipinski definition) is 1. The SMILES string of the molecule is CN(Cc1ccc(-c2nccnc2N)cc1)c1ccc(OC(F)(F)F)cc1. The first-order valence-electron chi connectivity index (χ1n) is 8.04. The molecule has 0 fully saturated rings. The Bertz CT molecular complexity index is 896. The highest BCUT2D eigenvalue weighted by molar-refractivity contribution is 5.69. The van der Waals surface area contributed by atoms with Gasteiger partial charge in [0.05, 0.1) is 0 Å². The molecule has 0 saturated heterocycles. The molecule has 8 heteroatoms. The molecule has 0 aliphatic carbocycles. The number of halogens is 3. The van der Waals surface area contributed by atoms with E-state index in [1.165, 1.54) is 18.3 Å². The van der Waals surface area contributed by atoms with E-state index in [4.69, 9.17) is 5.73 Å². The molecule has 0 aliphatic heterocycles. The highest BCUT2D eigenvalue weighted by atomic mass is 19.4. The average Bonchev–Trinajstić information content (AvgIpc) is 2.62. The van der Waals surface area contributed by atoms with Gasteiger partial charge in [0.15, 0.2) is 0 Å². The topological polar surface area (TPSA) is 64.3 Å². The molecule has 3 aromatic rings. The zero-order valence-corrected chi connectivity index (χ0v) is 14.4. The van der Waals surface area contributed by atoms with Crippen molar-refractivity contribution in [3.8, 4) is 17.0 Å². The molecule has 0 atom stereocenters. The zero-order chi connectivity index (χ0) is 19.4. The molecule has 0 bridgehead atoms. The Kier molecular flexibility index (Phi) is 5.16. The van der Waals surface area contributed by atoms with Crippen LogP contribution in [0.2, 0.25) is 0 Å². The highest BCUT2D eigenvalue weighted by Crippen LogP contribution is 2.26. The molecular formula is C19H17F3N4O. The van der Waals surface area contributed by atoms with Crippen LogP contribution in [0, 0.1) is 0 Å². The van der Waals surface area contributed by atoms with Crippen LogP contribution in [0.1, 0.15) is 5.56 Å². The number of alkyl halides is 3. The van der Waals surface area contributed by atoms with Crippen LogP contribution >= 0.6 is 0 Å². The van der Waals surface area contributed by atoms with Crippen LogP contribution in [-0.2, 0) is 6.54 Å². The third-order valence-corrected chi connectivity index (χ3v) is 3.88. The quantitative estimate of drug-likeness (QED) is 0.723. The molecule has 0 radical (unpaired) electrons. The average molecular weight is 374 g/mol. The van der Waals surface area contributed by atoms with Crippen molar-refractivity contribution in [1.29, 1.82) is 0 Å². The molecule has 0 spiro atoms. The summed E-state index contributed by atoms with van der Waals surface area (Å²) in [7, 11) is 1.86. The van der Waals surface area contributed by atoms with Crippen molar-refractivity contribution in [2.24, 2.45) is 0 Å². The van der Waals surface area contributed by atoms with Crippen LogP contribution in [0.4, 0.5) is 24.7 Å². The number of ether oxygens (including phenoxy) is 1. The molecule has 0 unspecified atom stereocenters. The van der Waals surface area contributed by atoms with Gasteiger partial charge in [-0.05, 0) is 29.8 Å². The number of anilines is 2. The predicted molar refractivity (Wildman–Crippen MR) is 97.1 cm³/mol. The summed E-state index contributed by atoms with van der Waals surface area (Å²) in [5.41, 5.74) is 9.12. The summed E-state index contributed by atoms with van der Waals surface area (Å²) >= 11 is 0. The van der Waals surface area contributed by atoms with E-state index in [0.29, 0.717) is 18.1 Å². The number of hydrogen-bond acceptors (Lipinski definition) is 5. The molecule has 0 saturated carbocycles. The highest BCUT2D eigenvalue weighted by Gasteiger charge is 2.30. The summed E-state index contributed by atoms with van der Waals surface area (Å²) in [6.45, 7) is 0.579. The maximum atomic E-state index is 12.2. The van der Waals surface area contributed by atoms with Crippen molar-refractivity contribution in [1.82, 2.24) is 9.97 Å². The van der Waals surface area contributed by atoms with Gasteiger partial charge in [0.2, 0.25) is 0 Å². The number of nitrogens with zero attached hydrogens (tertiary/aromatic N) is 3. The number of rotatable bonds is 5. The summed E-state index contributed by atoms with van der Waals surface area (Å²) < 4.78 is 40.5. The zero-order valence-electron chi connectivity index (χ0n) is 14.4. The number of nitrogen functional groups attached to an aromatic ring is 1. The lowest BCUT2D eigenvalue weighted by atomic mass is 10.1. The molecule has 5 nitrogen and oxygen atoms in total. The fourth-order valence-corrected chi connectivity index (χ4v) is 2.61. The summed E-state index contributed by atoms with van der Waals surface area (Å²) in [5.74, 6) is 0.120. The Hall–Kier alpha value is -3.29. The molecule has 1 heterocycles. The fourth-order valence-electron chi connectivity index (χ4n) is 2.61. The van der Waals surface area contributed by atoms with Gasteiger partial charge in [-0.15, -0.1) is 13.2 Å². The number of nitrogens with two attached hydrogens (primary N) is 1. The van der Waals surface area contributed by atoms with Gasteiger partial charge in [-0.1, -0.05) is 24.3 Å². The predicted octanol–water partition coefficient (Wildman–Crippen LogP) is 4.26. The molecule has 2 N–H and O–H groups in total. The van der Waals surface area contributed by atoms with Crippen molar-refractivity contribution in [3.05, 3.63) is 66.5 Å². The van der Waals surface area contributed by atoms with Crippen molar-refractivity contribution < 1.29 is 17.9 Å². The number of aromatic nitrogens is 2. The molecule has 1 aromatic heterocycles. The van der Waals surface area contributed by atoms with Crippen molar-refractivity contribution in [2.75, 3.05) is 17.7 Å². The Morgan fingerprint density at radius 3 is 2.19 bits per heavy atom. The maximum Gasteiger partial charge on any atom is 0.573 e. The second-order valence-corrected chi connectivity index (χ2v) is 5.88. The van der Waals surface area contributed by atoms with Crippen LogP contribution < -0.4 is 15.4 Å². The van der Waals surface area contributed by atoms with Gasteiger partial charge < -0.3 is 15.4 Å². The van der Waals surface area contributed by atoms with Gasteiger partial charge in [-0.3, -0.25) is 4.98 Å². The monoisotopic (exact) mass is 374 g/mol. The number of benzene rings is 2. The Morgan fingerprint density at radius 1 is 0.963 bits per heavy atom. The van der Waals surface area contributed by atoms with E-state index in [-0.39, 0.29) is 5.75 Å². The van der Waals surface area contributed by atoms with Crippen LogP contribution in [0.15, 0.2) is 60.9 Å². The minimum atomic E-state index is -4.69. The second-order valence-electron chi connectivity index (χ2n) is 5.88. The Morgan fingerprint density at radius 2 is 1.59 bits per heavy atom. The minimum Gasteiger partial charge on any atom is -0.406 e. The molecule has 27 heavy (non-hydrogen) atoms. The normalized spacial score (nSPS) is 11.3. The summed E-state index contributed by atoms with van der Waals surface area (Å²) in [4.78, 5) is 10.2. The first-order valence-corrected chi connectivity index (χ1v) is 8.04. The van der Waals surface area contributed by atoms with E-state index in [9.17, 15) is 13.2 Å². The van der Waals surface area contributed by atoms with E-state index < -0.39 is 6.36 Å². The van der Waals surface area contributed by atoms with Crippen molar-refractivity contribution >= 4 is 11.5 Å². The third kappa shape index (κ3) is 4.87. The van der Waals surface area contributed by atoms with Crippen LogP contribution in [0.3, 0.4) is 0 Å². The van der Waals surface area contributed by atoms with Gasteiger partial charge in [0.1, 0.15) is 17.3 Å². The van der Waals surface area contributed by atoms with Gasteiger partial charge in [0.25, 0.3) is 0 Å².